The van der Waals surface area contributed by atoms with Crippen LogP contribution in [0.3, 0.4) is 0 Å². The number of hydrogen-bond acceptors (Lipinski definition) is 4. The van der Waals surface area contributed by atoms with E-state index in [1.54, 1.807) is 39.0 Å². The lowest BCUT2D eigenvalue weighted by atomic mass is 9.99. The Morgan fingerprint density at radius 1 is 1.35 bits per heavy atom. The van der Waals surface area contributed by atoms with Crippen LogP contribution in [0.1, 0.15) is 26.3 Å². The van der Waals surface area contributed by atoms with Crippen LogP contribution in [0, 0.1) is 0 Å². The lowest BCUT2D eigenvalue weighted by Crippen LogP contribution is -2.68. The summed E-state index contributed by atoms with van der Waals surface area (Å²) in [5, 5.41) is 10.5. The van der Waals surface area contributed by atoms with E-state index in [2.05, 4.69) is 0 Å². The highest BCUT2D eigenvalue weighted by Gasteiger charge is 2.68. The van der Waals surface area contributed by atoms with Gasteiger partial charge in [0, 0.05) is 6.42 Å². The average molecular weight is 383 g/mol. The van der Waals surface area contributed by atoms with Gasteiger partial charge in [0.05, 0.1) is 10.0 Å². The normalized spacial score (nSPS) is 27.1. The predicted octanol–water partition coefficient (Wildman–Crippen LogP) is 3.47. The molecule has 6 nitrogen and oxygen atoms in total. The zero-order valence-corrected chi connectivity index (χ0v) is 15.2. The Morgan fingerprint density at radius 2 is 1.96 bits per heavy atom. The lowest BCUT2D eigenvalue weighted by Gasteiger charge is -2.40. The fourth-order valence-corrected chi connectivity index (χ4v) is 5.26. The second-order valence-corrected chi connectivity index (χ2v) is 8.91. The summed E-state index contributed by atoms with van der Waals surface area (Å²) in [4.78, 5) is 12.0. The number of amides is 1. The molecule has 0 spiro atoms. The van der Waals surface area contributed by atoms with Gasteiger partial charge in [0.1, 0.15) is 18.2 Å². The third kappa shape index (κ3) is 2.85. The number of benzene rings is 1. The molecule has 1 aliphatic rings. The maximum absolute atomic E-state index is 12.4. The molecule has 2 rings (SSSR count). The number of nitrogens with zero attached hydrogens (tertiary/aromatic N) is 1. The van der Waals surface area contributed by atoms with Crippen molar-refractivity contribution in [3.05, 3.63) is 33.8 Å². The monoisotopic (exact) mass is 382 g/mol. The van der Waals surface area contributed by atoms with E-state index in [1.807, 2.05) is 0 Å². The first-order valence-electron chi connectivity index (χ1n) is 6.89. The predicted molar refractivity (Wildman–Crippen MR) is 86.9 cm³/mol. The molecule has 1 saturated heterocycles. The van der Waals surface area contributed by atoms with Crippen molar-refractivity contribution in [1.82, 2.24) is 0 Å². The topological polar surface area (TPSA) is 80.7 Å². The fourth-order valence-electron chi connectivity index (χ4n) is 3.08. The van der Waals surface area contributed by atoms with Gasteiger partial charge in [-0.1, -0.05) is 33.2 Å². The van der Waals surface area contributed by atoms with Crippen LogP contribution in [0.25, 0.3) is 0 Å². The molecular weight excluding hydrogens is 365 g/mol. The first kappa shape index (κ1) is 18.5. The number of halogens is 2. The Morgan fingerprint density at radius 3 is 2.43 bits per heavy atom. The van der Waals surface area contributed by atoms with Crippen LogP contribution in [-0.4, -0.2) is 41.7 Å². The van der Waals surface area contributed by atoms with Gasteiger partial charge in [0.2, 0.25) is 0 Å². The van der Waals surface area contributed by atoms with Gasteiger partial charge in [0.15, 0.2) is 0 Å². The molecule has 128 valence electrons. The molecule has 0 radical (unpaired) electrons. The van der Waals surface area contributed by atoms with Gasteiger partial charge in [0.25, 0.3) is 0 Å². The van der Waals surface area contributed by atoms with E-state index in [-0.39, 0.29) is 13.0 Å². The minimum atomic E-state index is -4.31. The molecule has 23 heavy (non-hydrogen) atoms. The standard InChI is InChI=1S/C14H17Cl2NO5S/c1-14(2,3)17(13(18)19)10(8-22-23(17,20)21)6-9-4-5-11(15)12(16)7-9/h4-5,7,10H,6,8H2,1-3H3/p+1/t10-,17?/m0/s1. The van der Waals surface area contributed by atoms with Crippen LogP contribution in [0.15, 0.2) is 18.2 Å². The van der Waals surface area contributed by atoms with Crippen LogP contribution in [0.5, 0.6) is 0 Å². The average Bonchev–Trinajstić information content (AvgIpc) is 2.65. The van der Waals surface area contributed by atoms with Crippen molar-refractivity contribution >= 4 is 39.6 Å². The van der Waals surface area contributed by atoms with E-state index in [1.165, 1.54) is 0 Å². The van der Waals surface area contributed by atoms with Crippen LogP contribution in [0.4, 0.5) is 4.79 Å². The molecule has 0 bridgehead atoms. The molecule has 2 atom stereocenters. The molecule has 0 saturated carbocycles. The Kier molecular flexibility index (Phi) is 4.74. The summed E-state index contributed by atoms with van der Waals surface area (Å²) in [6, 6.07) is 4.09. The van der Waals surface area contributed by atoms with E-state index in [9.17, 15) is 18.3 Å². The third-order valence-electron chi connectivity index (χ3n) is 4.01. The van der Waals surface area contributed by atoms with Gasteiger partial charge < -0.3 is 5.11 Å². The van der Waals surface area contributed by atoms with Gasteiger partial charge in [-0.05, 0) is 38.5 Å². The zero-order chi connectivity index (χ0) is 17.6. The smallest absolute Gasteiger partial charge is 0.434 e. The fraction of sp³-hybridized carbons (Fsp3) is 0.500. The molecule has 9 heteroatoms. The molecule has 0 aliphatic carbocycles. The second kappa shape index (κ2) is 5.89. The summed E-state index contributed by atoms with van der Waals surface area (Å²) in [6.45, 7) is 4.49. The van der Waals surface area contributed by atoms with Crippen molar-refractivity contribution in [3.8, 4) is 0 Å². The number of rotatable bonds is 2. The quantitative estimate of drug-likeness (QED) is 0.791. The van der Waals surface area contributed by atoms with Gasteiger partial charge in [-0.2, -0.15) is 4.79 Å². The summed E-state index contributed by atoms with van der Waals surface area (Å²) < 4.78 is 28.5. The third-order valence-corrected chi connectivity index (χ3v) is 6.89. The van der Waals surface area contributed by atoms with E-state index in [0.717, 1.165) is 0 Å². The van der Waals surface area contributed by atoms with Crippen molar-refractivity contribution in [3.63, 3.8) is 0 Å². The second-order valence-electron chi connectivity index (χ2n) is 6.43. The van der Waals surface area contributed by atoms with Crippen molar-refractivity contribution in [2.45, 2.75) is 38.8 Å². The van der Waals surface area contributed by atoms with Crippen molar-refractivity contribution in [2.24, 2.45) is 0 Å². The van der Waals surface area contributed by atoms with Gasteiger partial charge >= 0.3 is 16.4 Å². The highest BCUT2D eigenvalue weighted by molar-refractivity contribution is 7.81. The molecule has 1 heterocycles. The molecule has 1 aliphatic heterocycles. The minimum Gasteiger partial charge on any atom is -0.434 e. The van der Waals surface area contributed by atoms with Gasteiger partial charge in [-0.3, -0.25) is 0 Å². The molecule has 1 aromatic carbocycles. The number of carboxylic acid groups (broad SMARTS) is 1. The highest BCUT2D eigenvalue weighted by atomic mass is 35.5. The number of quaternary nitrogens is 1. The summed E-state index contributed by atoms with van der Waals surface area (Å²) in [5.41, 5.74) is -0.416. The summed E-state index contributed by atoms with van der Waals surface area (Å²) in [7, 11) is -4.31. The van der Waals surface area contributed by atoms with Crippen molar-refractivity contribution < 1.29 is 26.4 Å². The Hall–Kier alpha value is -0.860. The molecule has 1 unspecified atom stereocenters. The SMILES string of the molecule is CC(C)(C)[N+]1(C(=O)O)[C@@H](Cc2ccc(Cl)c(Cl)c2)COS1(=O)=O. The van der Waals surface area contributed by atoms with Gasteiger partial charge in [-0.25, -0.2) is 4.18 Å². The Labute approximate surface area is 145 Å². The minimum absolute atomic E-state index is 0.180. The Balaban J connectivity index is 2.52. The van der Waals surface area contributed by atoms with Crippen LogP contribution in [-0.2, 0) is 20.9 Å². The van der Waals surface area contributed by atoms with Crippen LogP contribution in [0.2, 0.25) is 10.0 Å². The Bertz CT molecular complexity index is 744. The lowest BCUT2D eigenvalue weighted by molar-refractivity contribution is -0.803. The summed E-state index contributed by atoms with van der Waals surface area (Å²) in [5.74, 6) is 0. The zero-order valence-electron chi connectivity index (χ0n) is 12.9. The van der Waals surface area contributed by atoms with Crippen molar-refractivity contribution in [2.75, 3.05) is 6.61 Å². The van der Waals surface area contributed by atoms with E-state index in [0.29, 0.717) is 15.6 Å². The summed E-state index contributed by atoms with van der Waals surface area (Å²) >= 11 is 11.8. The molecule has 1 fully saturated rings. The largest absolute Gasteiger partial charge is 0.532 e. The molecule has 1 N–H and O–H groups in total. The molecule has 0 aromatic heterocycles. The molecule has 1 amide bonds. The summed E-state index contributed by atoms with van der Waals surface area (Å²) in [6.07, 6.45) is -1.28. The van der Waals surface area contributed by atoms with Crippen LogP contribution < -0.4 is 0 Å². The number of carbonyl (C=O) groups is 1. The van der Waals surface area contributed by atoms with Crippen LogP contribution >= 0.6 is 23.2 Å². The van der Waals surface area contributed by atoms with E-state index >= 15 is 0 Å². The molecular formula is C14H18Cl2NO5S+. The first-order valence-corrected chi connectivity index (χ1v) is 9.01. The molecule has 1 aromatic rings. The highest BCUT2D eigenvalue weighted by Crippen LogP contribution is 2.41. The maximum atomic E-state index is 12.4. The first-order chi connectivity index (χ1) is 10.4. The van der Waals surface area contributed by atoms with Gasteiger partial charge in [-0.15, -0.1) is 8.42 Å². The van der Waals surface area contributed by atoms with E-state index < -0.39 is 31.9 Å². The number of hydrogen-bond donors (Lipinski definition) is 1. The maximum Gasteiger partial charge on any atom is 0.532 e. The van der Waals surface area contributed by atoms with Crippen molar-refractivity contribution in [1.29, 1.82) is 0 Å². The van der Waals surface area contributed by atoms with E-state index in [4.69, 9.17) is 27.4 Å².